The van der Waals surface area contributed by atoms with Gasteiger partial charge < -0.3 is 9.73 Å². The Bertz CT molecular complexity index is 782. The minimum absolute atomic E-state index is 0.108. The summed E-state index contributed by atoms with van der Waals surface area (Å²) in [4.78, 5) is 14.8. The van der Waals surface area contributed by atoms with Crippen molar-refractivity contribution in [1.29, 1.82) is 0 Å². The topological polar surface area (TPSA) is 45.5 Å². The van der Waals surface area contributed by atoms with Crippen molar-refractivity contribution in [2.45, 2.75) is 33.2 Å². The predicted octanol–water partition coefficient (Wildman–Crippen LogP) is 4.95. The number of halogens is 2. The van der Waals surface area contributed by atoms with E-state index in [0.717, 1.165) is 48.5 Å². The molecule has 3 rings (SSSR count). The molecule has 2 aromatic rings. The van der Waals surface area contributed by atoms with Crippen LogP contribution in [0.2, 0.25) is 5.02 Å². The zero-order valence-corrected chi connectivity index (χ0v) is 17.5. The second-order valence-electron chi connectivity index (χ2n) is 6.99. The maximum absolute atomic E-state index is 12.4. The lowest BCUT2D eigenvalue weighted by molar-refractivity contribution is 0.0935. The third-order valence-corrected chi connectivity index (χ3v) is 5.79. The number of carbonyl (C=O) groups is 1. The van der Waals surface area contributed by atoms with Crippen LogP contribution in [0.1, 0.15) is 40.3 Å². The monoisotopic (exact) mass is 438 g/mol. The summed E-state index contributed by atoms with van der Waals surface area (Å²) in [5.74, 6) is 2.39. The highest BCUT2D eigenvalue weighted by atomic mass is 79.9. The average Bonchev–Trinajstić information content (AvgIpc) is 2.93. The molecule has 0 bridgehead atoms. The number of rotatable bonds is 5. The number of carbonyl (C=O) groups excluding carboxylic acids is 1. The number of nitrogens with zero attached hydrogens (tertiary/aromatic N) is 1. The number of hydrogen-bond donors (Lipinski definition) is 1. The molecule has 1 aromatic heterocycles. The van der Waals surface area contributed by atoms with Gasteiger partial charge in [0.1, 0.15) is 11.5 Å². The highest BCUT2D eigenvalue weighted by Gasteiger charge is 2.21. The van der Waals surface area contributed by atoms with Crippen LogP contribution in [0.5, 0.6) is 0 Å². The molecule has 1 amide bonds. The van der Waals surface area contributed by atoms with Crippen LogP contribution in [0.15, 0.2) is 33.2 Å². The molecule has 0 saturated carbocycles. The van der Waals surface area contributed by atoms with E-state index in [4.69, 9.17) is 16.0 Å². The molecule has 0 atom stereocenters. The fourth-order valence-electron chi connectivity index (χ4n) is 3.43. The van der Waals surface area contributed by atoms with E-state index >= 15 is 0 Å². The smallest absolute Gasteiger partial charge is 0.252 e. The van der Waals surface area contributed by atoms with Crippen LogP contribution in [0.3, 0.4) is 0 Å². The Labute approximate surface area is 168 Å². The molecule has 0 unspecified atom stereocenters. The van der Waals surface area contributed by atoms with Gasteiger partial charge >= 0.3 is 0 Å². The Morgan fingerprint density at radius 3 is 2.69 bits per heavy atom. The SMILES string of the molecule is Cc1cc(CN2CCC(CNC(=O)c3cc(Br)ccc3Cl)CC2)c(C)o1. The van der Waals surface area contributed by atoms with Gasteiger partial charge in [-0.05, 0) is 70.0 Å². The number of furan rings is 1. The van der Waals surface area contributed by atoms with Gasteiger partial charge in [0.05, 0.1) is 10.6 Å². The molecule has 0 aliphatic carbocycles. The van der Waals surface area contributed by atoms with E-state index in [1.165, 1.54) is 5.56 Å². The molecule has 6 heteroatoms. The zero-order valence-electron chi connectivity index (χ0n) is 15.1. The lowest BCUT2D eigenvalue weighted by atomic mass is 9.96. The van der Waals surface area contributed by atoms with E-state index in [0.29, 0.717) is 23.0 Å². The molecular weight excluding hydrogens is 416 g/mol. The zero-order chi connectivity index (χ0) is 18.7. The molecule has 0 spiro atoms. The second kappa shape index (κ2) is 8.59. The summed E-state index contributed by atoms with van der Waals surface area (Å²) in [7, 11) is 0. The Kier molecular flexibility index (Phi) is 6.43. The third kappa shape index (κ3) is 4.90. The lowest BCUT2D eigenvalue weighted by Gasteiger charge is -2.31. The number of benzene rings is 1. The minimum Gasteiger partial charge on any atom is -0.466 e. The van der Waals surface area contributed by atoms with Gasteiger partial charge in [-0.2, -0.15) is 0 Å². The highest BCUT2D eigenvalue weighted by Crippen LogP contribution is 2.23. The summed E-state index contributed by atoms with van der Waals surface area (Å²) in [6, 6.07) is 7.45. The molecule has 4 nitrogen and oxygen atoms in total. The molecule has 140 valence electrons. The standard InChI is InChI=1S/C20H24BrClN2O2/c1-13-9-16(14(2)26-13)12-24-7-5-15(6-8-24)11-23-20(25)18-10-17(21)3-4-19(18)22/h3-4,9-10,15H,5-8,11-12H2,1-2H3,(H,23,25). The van der Waals surface area contributed by atoms with E-state index in [2.05, 4.69) is 32.2 Å². The van der Waals surface area contributed by atoms with Crippen LogP contribution in [-0.4, -0.2) is 30.4 Å². The summed E-state index contributed by atoms with van der Waals surface area (Å²) < 4.78 is 6.47. The second-order valence-corrected chi connectivity index (χ2v) is 8.32. The van der Waals surface area contributed by atoms with Crippen LogP contribution in [0.25, 0.3) is 0 Å². The third-order valence-electron chi connectivity index (χ3n) is 4.97. The fourth-order valence-corrected chi connectivity index (χ4v) is 4.00. The van der Waals surface area contributed by atoms with Gasteiger partial charge in [-0.3, -0.25) is 9.69 Å². The Morgan fingerprint density at radius 2 is 2.04 bits per heavy atom. The van der Waals surface area contributed by atoms with Gasteiger partial charge in [0.25, 0.3) is 5.91 Å². The first-order valence-corrected chi connectivity index (χ1v) is 10.1. The highest BCUT2D eigenvalue weighted by molar-refractivity contribution is 9.10. The van der Waals surface area contributed by atoms with Gasteiger partial charge in [0.15, 0.2) is 0 Å². The van der Waals surface area contributed by atoms with E-state index in [9.17, 15) is 4.79 Å². The van der Waals surface area contributed by atoms with E-state index < -0.39 is 0 Å². The molecule has 1 fully saturated rings. The average molecular weight is 440 g/mol. The lowest BCUT2D eigenvalue weighted by Crippen LogP contribution is -2.38. The van der Waals surface area contributed by atoms with Crippen molar-refractivity contribution in [2.24, 2.45) is 5.92 Å². The number of aryl methyl sites for hydroxylation is 2. The van der Waals surface area contributed by atoms with E-state index in [1.54, 1.807) is 12.1 Å². The largest absolute Gasteiger partial charge is 0.466 e. The molecule has 0 radical (unpaired) electrons. The molecule has 1 saturated heterocycles. The first-order chi connectivity index (χ1) is 12.4. The number of piperidine rings is 1. The summed E-state index contributed by atoms with van der Waals surface area (Å²) in [5, 5.41) is 3.51. The number of hydrogen-bond acceptors (Lipinski definition) is 3. The van der Waals surface area contributed by atoms with Crippen molar-refractivity contribution >= 4 is 33.4 Å². The van der Waals surface area contributed by atoms with Crippen LogP contribution in [-0.2, 0) is 6.54 Å². The maximum atomic E-state index is 12.4. The molecule has 1 aliphatic heterocycles. The molecule has 1 aromatic carbocycles. The summed E-state index contributed by atoms with van der Waals surface area (Å²) in [6.07, 6.45) is 2.17. The first-order valence-electron chi connectivity index (χ1n) is 8.94. The molecule has 26 heavy (non-hydrogen) atoms. The molecule has 2 heterocycles. The Hall–Kier alpha value is -1.30. The summed E-state index contributed by atoms with van der Waals surface area (Å²) >= 11 is 9.51. The van der Waals surface area contributed by atoms with Crippen molar-refractivity contribution in [1.82, 2.24) is 10.2 Å². The number of likely N-dealkylation sites (tertiary alicyclic amines) is 1. The van der Waals surface area contributed by atoms with Crippen molar-refractivity contribution in [3.63, 3.8) is 0 Å². The van der Waals surface area contributed by atoms with Crippen molar-refractivity contribution < 1.29 is 9.21 Å². The molecular formula is C20H24BrClN2O2. The normalized spacial score (nSPS) is 16.0. The van der Waals surface area contributed by atoms with Crippen LogP contribution in [0.4, 0.5) is 0 Å². The van der Waals surface area contributed by atoms with E-state index in [1.807, 2.05) is 19.9 Å². The van der Waals surface area contributed by atoms with E-state index in [-0.39, 0.29) is 5.91 Å². The number of nitrogens with one attached hydrogen (secondary N) is 1. The van der Waals surface area contributed by atoms with Gasteiger partial charge in [0, 0.05) is 23.1 Å². The van der Waals surface area contributed by atoms with Crippen molar-refractivity contribution in [3.05, 3.63) is 56.4 Å². The first kappa shape index (κ1) is 19.5. The fraction of sp³-hybridized carbons (Fsp3) is 0.450. The quantitative estimate of drug-likeness (QED) is 0.716. The van der Waals surface area contributed by atoms with Gasteiger partial charge in [-0.15, -0.1) is 0 Å². The van der Waals surface area contributed by atoms with Crippen LogP contribution < -0.4 is 5.32 Å². The summed E-state index contributed by atoms with van der Waals surface area (Å²) in [5.41, 5.74) is 1.79. The minimum atomic E-state index is -0.108. The Morgan fingerprint density at radius 1 is 1.31 bits per heavy atom. The van der Waals surface area contributed by atoms with Gasteiger partial charge in [-0.25, -0.2) is 0 Å². The van der Waals surface area contributed by atoms with Gasteiger partial charge in [-0.1, -0.05) is 27.5 Å². The maximum Gasteiger partial charge on any atom is 0.252 e. The van der Waals surface area contributed by atoms with Gasteiger partial charge in [0.2, 0.25) is 0 Å². The number of amides is 1. The molecule has 1 N–H and O–H groups in total. The Balaban J connectivity index is 1.46. The molecule has 1 aliphatic rings. The van der Waals surface area contributed by atoms with Crippen LogP contribution >= 0.6 is 27.5 Å². The predicted molar refractivity (Wildman–Crippen MR) is 108 cm³/mol. The van der Waals surface area contributed by atoms with Crippen LogP contribution in [0, 0.1) is 19.8 Å². The van der Waals surface area contributed by atoms with Crippen molar-refractivity contribution in [3.8, 4) is 0 Å². The summed E-state index contributed by atoms with van der Waals surface area (Å²) in [6.45, 7) is 7.74. The van der Waals surface area contributed by atoms with Crippen molar-refractivity contribution in [2.75, 3.05) is 19.6 Å².